The van der Waals surface area contributed by atoms with Crippen molar-refractivity contribution in [2.75, 3.05) is 4.90 Å². The van der Waals surface area contributed by atoms with Crippen molar-refractivity contribution in [3.8, 4) is 33.8 Å². The summed E-state index contributed by atoms with van der Waals surface area (Å²) >= 11 is 1.26. The lowest BCUT2D eigenvalue weighted by Gasteiger charge is -2.40. The number of alkyl halides is 1. The van der Waals surface area contributed by atoms with Gasteiger partial charge in [-0.05, 0) is 44.2 Å². The molecule has 6 rings (SSSR count). The molecule has 0 spiro atoms. The van der Waals surface area contributed by atoms with Crippen LogP contribution in [-0.4, -0.2) is 55.6 Å². The summed E-state index contributed by atoms with van der Waals surface area (Å²) in [5.41, 5.74) is 1.16. The number of rotatable bonds is 5. The van der Waals surface area contributed by atoms with E-state index in [1.807, 2.05) is 0 Å². The molecule has 1 saturated carbocycles. The Morgan fingerprint density at radius 1 is 1.15 bits per heavy atom. The van der Waals surface area contributed by atoms with E-state index in [9.17, 15) is 5.11 Å². The molecule has 10 heteroatoms. The van der Waals surface area contributed by atoms with Gasteiger partial charge in [0.15, 0.2) is 11.6 Å². The predicted octanol–water partition coefficient (Wildman–Crippen LogP) is 3.44. The molecule has 2 saturated heterocycles. The van der Waals surface area contributed by atoms with Crippen LogP contribution >= 0.6 is 11.3 Å². The zero-order valence-electron chi connectivity index (χ0n) is 17.7. The molecule has 2 aliphatic heterocycles. The third-order valence-corrected chi connectivity index (χ3v) is 7.72. The van der Waals surface area contributed by atoms with Gasteiger partial charge in [-0.2, -0.15) is 5.26 Å². The van der Waals surface area contributed by atoms with Crippen LogP contribution in [0.4, 0.5) is 10.2 Å². The van der Waals surface area contributed by atoms with Gasteiger partial charge in [0.1, 0.15) is 27.9 Å². The minimum absolute atomic E-state index is 0.00793. The van der Waals surface area contributed by atoms with E-state index in [4.69, 9.17) is 5.26 Å². The highest BCUT2D eigenvalue weighted by atomic mass is 32.1. The first kappa shape index (κ1) is 20.4. The summed E-state index contributed by atoms with van der Waals surface area (Å²) in [5, 5.41) is 32.3. The monoisotopic (exact) mass is 463 g/mol. The Morgan fingerprint density at radius 3 is 2.73 bits per heavy atom. The molecule has 2 N–H and O–H groups in total. The van der Waals surface area contributed by atoms with Gasteiger partial charge in [0, 0.05) is 23.7 Å². The van der Waals surface area contributed by atoms with E-state index < -0.39 is 6.17 Å². The first-order valence-electron chi connectivity index (χ1n) is 11.2. The van der Waals surface area contributed by atoms with E-state index in [1.54, 1.807) is 24.4 Å². The molecular weight excluding hydrogens is 441 g/mol. The fourth-order valence-corrected chi connectivity index (χ4v) is 5.76. The van der Waals surface area contributed by atoms with Gasteiger partial charge >= 0.3 is 0 Å². The molecule has 0 unspecified atom stereocenters. The molecule has 4 atom stereocenters. The average molecular weight is 464 g/mol. The van der Waals surface area contributed by atoms with Gasteiger partial charge in [0.25, 0.3) is 0 Å². The van der Waals surface area contributed by atoms with Crippen molar-refractivity contribution in [2.45, 2.75) is 62.4 Å². The number of anilines is 1. The zero-order valence-corrected chi connectivity index (χ0v) is 18.5. The normalized spacial score (nSPS) is 26.2. The molecule has 1 aliphatic carbocycles. The third kappa shape index (κ3) is 3.71. The SMILES string of the molecule is N#Cc1cnc(-c2ccc(-c3ncc(N(C4CC4)[C@H]4C[C@@H]5CC[C@@H](N5)[C@H]4F)nn3)c(O)c2)s1. The highest BCUT2D eigenvalue weighted by Gasteiger charge is 2.48. The van der Waals surface area contributed by atoms with Crippen LogP contribution in [0.1, 0.15) is 37.0 Å². The van der Waals surface area contributed by atoms with Gasteiger partial charge < -0.3 is 15.3 Å². The Labute approximate surface area is 194 Å². The van der Waals surface area contributed by atoms with Crippen molar-refractivity contribution in [1.82, 2.24) is 25.5 Å². The molecule has 1 aromatic carbocycles. The largest absolute Gasteiger partial charge is 0.507 e. The second-order valence-electron chi connectivity index (χ2n) is 8.95. The lowest BCUT2D eigenvalue weighted by Crippen LogP contribution is -2.57. The summed E-state index contributed by atoms with van der Waals surface area (Å²) in [6, 6.07) is 7.55. The van der Waals surface area contributed by atoms with Crippen LogP contribution in [0.3, 0.4) is 0 Å². The van der Waals surface area contributed by atoms with Gasteiger partial charge in [-0.15, -0.1) is 21.5 Å². The molecule has 3 aliphatic rings. The third-order valence-electron chi connectivity index (χ3n) is 6.77. The van der Waals surface area contributed by atoms with E-state index in [0.29, 0.717) is 38.7 Å². The number of fused-ring (bicyclic) bond motifs is 2. The number of aromatic hydroxyl groups is 1. The smallest absolute Gasteiger partial charge is 0.185 e. The minimum atomic E-state index is -0.935. The summed E-state index contributed by atoms with van der Waals surface area (Å²) < 4.78 is 15.2. The molecule has 3 fully saturated rings. The van der Waals surface area contributed by atoms with Gasteiger partial charge in [0.2, 0.25) is 0 Å². The van der Waals surface area contributed by atoms with E-state index in [0.717, 1.165) is 32.1 Å². The number of aromatic nitrogens is 4. The standard InChI is InChI=1S/C23H22FN7OS/c24-21-17-6-2-13(28-17)8-18(21)31(14-3-4-14)20-11-26-22(30-29-20)16-5-1-12(7-19(16)32)23-27-10-15(9-25)33-23/h1,5,7,10-11,13-14,17-18,21,28,32H,2-4,6,8H2/t13-,17+,18-,21+/m0/s1. The molecule has 33 heavy (non-hydrogen) atoms. The summed E-state index contributed by atoms with van der Waals surface area (Å²) in [6.45, 7) is 0. The number of thiazole rings is 1. The lowest BCUT2D eigenvalue weighted by atomic mass is 9.96. The second-order valence-corrected chi connectivity index (χ2v) is 9.98. The van der Waals surface area contributed by atoms with Gasteiger partial charge in [0.05, 0.1) is 24.0 Å². The van der Waals surface area contributed by atoms with E-state index in [-0.39, 0.29) is 23.9 Å². The first-order chi connectivity index (χ1) is 16.1. The van der Waals surface area contributed by atoms with Crippen LogP contribution in [0, 0.1) is 11.3 Å². The molecule has 0 radical (unpaired) electrons. The molecule has 0 amide bonds. The summed E-state index contributed by atoms with van der Waals surface area (Å²) in [6.07, 6.45) is 6.96. The van der Waals surface area contributed by atoms with Crippen LogP contribution in [-0.2, 0) is 0 Å². The maximum atomic E-state index is 15.2. The Kier molecular flexibility index (Phi) is 4.96. The average Bonchev–Trinajstić information content (AvgIpc) is 3.39. The maximum Gasteiger partial charge on any atom is 0.185 e. The quantitative estimate of drug-likeness (QED) is 0.592. The van der Waals surface area contributed by atoms with Crippen LogP contribution in [0.15, 0.2) is 30.6 Å². The zero-order chi connectivity index (χ0) is 22.5. The Morgan fingerprint density at radius 2 is 2.03 bits per heavy atom. The maximum absolute atomic E-state index is 15.2. The van der Waals surface area contributed by atoms with Crippen molar-refractivity contribution in [1.29, 1.82) is 5.26 Å². The number of phenolic OH excluding ortho intramolecular Hbond substituents is 1. The molecule has 168 valence electrons. The molecule has 2 bridgehead atoms. The van der Waals surface area contributed by atoms with Crippen molar-refractivity contribution in [2.24, 2.45) is 0 Å². The lowest BCUT2D eigenvalue weighted by molar-refractivity contribution is 0.171. The highest BCUT2D eigenvalue weighted by Crippen LogP contribution is 2.40. The number of nitrogens with zero attached hydrogens (tertiary/aromatic N) is 6. The summed E-state index contributed by atoms with van der Waals surface area (Å²) in [5.74, 6) is 0.907. The topological polar surface area (TPSA) is 111 Å². The van der Waals surface area contributed by atoms with E-state index in [1.165, 1.54) is 17.5 Å². The number of nitrogens with one attached hydrogen (secondary N) is 1. The van der Waals surface area contributed by atoms with Crippen molar-refractivity contribution in [3.63, 3.8) is 0 Å². The van der Waals surface area contributed by atoms with E-state index >= 15 is 4.39 Å². The fraction of sp³-hybridized carbons (Fsp3) is 0.435. The van der Waals surface area contributed by atoms with Crippen molar-refractivity contribution < 1.29 is 9.50 Å². The predicted molar refractivity (Wildman–Crippen MR) is 121 cm³/mol. The van der Waals surface area contributed by atoms with Crippen LogP contribution < -0.4 is 10.2 Å². The molecule has 4 heterocycles. The molecule has 3 aromatic rings. The number of hydrogen-bond donors (Lipinski definition) is 2. The van der Waals surface area contributed by atoms with Crippen LogP contribution in [0.5, 0.6) is 5.75 Å². The van der Waals surface area contributed by atoms with Gasteiger partial charge in [-0.1, -0.05) is 6.07 Å². The number of benzene rings is 1. The first-order valence-corrected chi connectivity index (χ1v) is 12.0. The minimum Gasteiger partial charge on any atom is -0.507 e. The number of piperidine rings is 1. The highest BCUT2D eigenvalue weighted by molar-refractivity contribution is 7.15. The summed E-state index contributed by atoms with van der Waals surface area (Å²) in [4.78, 5) is 11.3. The molecule has 2 aromatic heterocycles. The Hall–Kier alpha value is -3.16. The molecule has 8 nitrogen and oxygen atoms in total. The number of halogens is 1. The summed E-state index contributed by atoms with van der Waals surface area (Å²) in [7, 11) is 0. The fourth-order valence-electron chi connectivity index (χ4n) is 5.05. The van der Waals surface area contributed by atoms with Crippen LogP contribution in [0.25, 0.3) is 22.0 Å². The molecular formula is C23H22FN7OS. The van der Waals surface area contributed by atoms with E-state index in [2.05, 4.69) is 36.5 Å². The van der Waals surface area contributed by atoms with Crippen molar-refractivity contribution in [3.05, 3.63) is 35.5 Å². The Balaban J connectivity index is 1.26. The second kappa shape index (κ2) is 8.01. The van der Waals surface area contributed by atoms with Gasteiger partial charge in [-0.25, -0.2) is 14.4 Å². The van der Waals surface area contributed by atoms with Crippen LogP contribution in [0.2, 0.25) is 0 Å². The number of hydrogen-bond acceptors (Lipinski definition) is 9. The van der Waals surface area contributed by atoms with Gasteiger partial charge in [-0.3, -0.25) is 0 Å². The number of phenols is 1. The van der Waals surface area contributed by atoms with Crippen molar-refractivity contribution >= 4 is 17.2 Å². The number of nitriles is 1. The Bertz CT molecular complexity index is 1220.